The first-order valence-corrected chi connectivity index (χ1v) is 8.48. The number of methoxy groups -OCH3 is 1. The second-order valence-electron chi connectivity index (χ2n) is 6.17. The van der Waals surface area contributed by atoms with Crippen molar-refractivity contribution in [1.29, 1.82) is 0 Å². The van der Waals surface area contributed by atoms with E-state index in [9.17, 15) is 4.79 Å². The van der Waals surface area contributed by atoms with E-state index in [4.69, 9.17) is 14.6 Å². The highest BCUT2D eigenvalue weighted by atomic mass is 16.5. The largest absolute Gasteiger partial charge is 0.496 e. The van der Waals surface area contributed by atoms with Gasteiger partial charge in [-0.2, -0.15) is 0 Å². The van der Waals surface area contributed by atoms with Gasteiger partial charge in [0.05, 0.1) is 7.11 Å². The van der Waals surface area contributed by atoms with Crippen LogP contribution in [-0.4, -0.2) is 18.2 Å². The number of hydrogen-bond donors (Lipinski definition) is 1. The SMILES string of the molecule is COc1ccc(/C=C/C(=O)O)cc1COc1ccc2c(c1)CCCC2. The lowest BCUT2D eigenvalue weighted by molar-refractivity contribution is -0.131. The Bertz CT molecular complexity index is 792. The average Bonchev–Trinajstić information content (AvgIpc) is 2.64. The van der Waals surface area contributed by atoms with Crippen LogP contribution < -0.4 is 9.47 Å². The van der Waals surface area contributed by atoms with Crippen LogP contribution in [0.25, 0.3) is 6.08 Å². The minimum atomic E-state index is -0.970. The molecule has 4 heteroatoms. The molecule has 0 saturated carbocycles. The summed E-state index contributed by atoms with van der Waals surface area (Å²) in [6.45, 7) is 0.372. The van der Waals surface area contributed by atoms with E-state index in [1.54, 1.807) is 13.2 Å². The lowest BCUT2D eigenvalue weighted by Gasteiger charge is -2.17. The van der Waals surface area contributed by atoms with Gasteiger partial charge in [0.15, 0.2) is 0 Å². The summed E-state index contributed by atoms with van der Waals surface area (Å²) in [6, 6.07) is 11.8. The second-order valence-corrected chi connectivity index (χ2v) is 6.17. The van der Waals surface area contributed by atoms with Crippen molar-refractivity contribution in [1.82, 2.24) is 0 Å². The Hall–Kier alpha value is -2.75. The van der Waals surface area contributed by atoms with Crippen molar-refractivity contribution >= 4 is 12.0 Å². The van der Waals surface area contributed by atoms with Gasteiger partial charge in [-0.05, 0) is 72.7 Å². The highest BCUT2D eigenvalue weighted by Gasteiger charge is 2.11. The summed E-state index contributed by atoms with van der Waals surface area (Å²) in [5.74, 6) is 0.613. The van der Waals surface area contributed by atoms with Crippen LogP contribution in [0.2, 0.25) is 0 Å². The molecule has 0 spiro atoms. The fourth-order valence-corrected chi connectivity index (χ4v) is 3.14. The third kappa shape index (κ3) is 4.41. The number of carbonyl (C=O) groups is 1. The quantitative estimate of drug-likeness (QED) is 0.800. The normalized spacial score (nSPS) is 13.5. The Morgan fingerprint density at radius 1 is 1.12 bits per heavy atom. The van der Waals surface area contributed by atoms with Crippen LogP contribution in [0, 0.1) is 0 Å². The molecule has 0 unspecified atom stereocenters. The van der Waals surface area contributed by atoms with Crippen molar-refractivity contribution in [3.05, 3.63) is 64.7 Å². The van der Waals surface area contributed by atoms with E-state index in [-0.39, 0.29) is 0 Å². The van der Waals surface area contributed by atoms with Crippen molar-refractivity contribution in [2.24, 2.45) is 0 Å². The number of benzene rings is 2. The molecule has 25 heavy (non-hydrogen) atoms. The number of aryl methyl sites for hydroxylation is 2. The average molecular weight is 338 g/mol. The van der Waals surface area contributed by atoms with Crippen LogP contribution in [0.15, 0.2) is 42.5 Å². The third-order valence-electron chi connectivity index (χ3n) is 4.44. The number of carboxylic acids is 1. The molecule has 130 valence electrons. The van der Waals surface area contributed by atoms with Gasteiger partial charge in [-0.1, -0.05) is 12.1 Å². The van der Waals surface area contributed by atoms with Gasteiger partial charge < -0.3 is 14.6 Å². The standard InChI is InChI=1S/C21H22O4/c1-24-20-10-6-15(7-11-21(22)23)12-18(20)14-25-19-9-8-16-4-2-3-5-17(16)13-19/h6-13H,2-5,14H2,1H3,(H,22,23)/b11-7+. The summed E-state index contributed by atoms with van der Waals surface area (Å²) < 4.78 is 11.3. The number of aliphatic carboxylic acids is 1. The zero-order chi connectivity index (χ0) is 17.6. The second kappa shape index (κ2) is 7.88. The van der Waals surface area contributed by atoms with Crippen molar-refractivity contribution in [2.75, 3.05) is 7.11 Å². The highest BCUT2D eigenvalue weighted by molar-refractivity contribution is 5.85. The summed E-state index contributed by atoms with van der Waals surface area (Å²) in [5, 5.41) is 8.76. The molecule has 0 radical (unpaired) electrons. The van der Waals surface area contributed by atoms with Crippen LogP contribution in [0.4, 0.5) is 0 Å². The van der Waals surface area contributed by atoms with E-state index >= 15 is 0 Å². The molecule has 0 bridgehead atoms. The van der Waals surface area contributed by atoms with Crippen molar-refractivity contribution in [3.8, 4) is 11.5 Å². The molecule has 4 nitrogen and oxygen atoms in total. The number of fused-ring (bicyclic) bond motifs is 1. The lowest BCUT2D eigenvalue weighted by atomic mass is 9.92. The van der Waals surface area contributed by atoms with Gasteiger partial charge in [0.1, 0.15) is 18.1 Å². The maximum absolute atomic E-state index is 10.7. The summed E-state index contributed by atoms with van der Waals surface area (Å²) in [6.07, 6.45) is 7.45. The number of carboxylic acid groups (broad SMARTS) is 1. The number of hydrogen-bond acceptors (Lipinski definition) is 3. The molecule has 0 aliphatic heterocycles. The van der Waals surface area contributed by atoms with E-state index in [1.807, 2.05) is 24.3 Å². The Kier molecular flexibility index (Phi) is 5.39. The van der Waals surface area contributed by atoms with Gasteiger partial charge in [-0.25, -0.2) is 4.79 Å². The Balaban J connectivity index is 1.75. The van der Waals surface area contributed by atoms with E-state index < -0.39 is 5.97 Å². The fourth-order valence-electron chi connectivity index (χ4n) is 3.14. The minimum absolute atomic E-state index is 0.372. The van der Waals surface area contributed by atoms with Gasteiger partial charge in [-0.15, -0.1) is 0 Å². The number of rotatable bonds is 6. The smallest absolute Gasteiger partial charge is 0.328 e. The predicted octanol–water partition coefficient (Wildman–Crippen LogP) is 4.25. The summed E-state index contributed by atoms with van der Waals surface area (Å²) in [5.41, 5.74) is 4.49. The first-order chi connectivity index (χ1) is 12.2. The Morgan fingerprint density at radius 3 is 2.68 bits per heavy atom. The maximum atomic E-state index is 10.7. The van der Waals surface area contributed by atoms with Crippen molar-refractivity contribution in [3.63, 3.8) is 0 Å². The minimum Gasteiger partial charge on any atom is -0.496 e. The molecular weight excluding hydrogens is 316 g/mol. The fraction of sp³-hybridized carbons (Fsp3) is 0.286. The van der Waals surface area contributed by atoms with Crippen LogP contribution in [0.1, 0.15) is 35.1 Å². The van der Waals surface area contributed by atoms with Crippen LogP contribution in [0.5, 0.6) is 11.5 Å². The van der Waals surface area contributed by atoms with Gasteiger partial charge in [0.2, 0.25) is 0 Å². The Morgan fingerprint density at radius 2 is 1.92 bits per heavy atom. The topological polar surface area (TPSA) is 55.8 Å². The van der Waals surface area contributed by atoms with Crippen LogP contribution in [-0.2, 0) is 24.2 Å². The monoisotopic (exact) mass is 338 g/mol. The third-order valence-corrected chi connectivity index (χ3v) is 4.44. The first-order valence-electron chi connectivity index (χ1n) is 8.48. The summed E-state index contributed by atoms with van der Waals surface area (Å²) >= 11 is 0. The van der Waals surface area contributed by atoms with Gasteiger partial charge in [0, 0.05) is 11.6 Å². The van der Waals surface area contributed by atoms with Gasteiger partial charge in [0.25, 0.3) is 0 Å². The van der Waals surface area contributed by atoms with Crippen LogP contribution in [0.3, 0.4) is 0 Å². The molecule has 2 aromatic carbocycles. The molecule has 0 fully saturated rings. The predicted molar refractivity (Wildman–Crippen MR) is 97.1 cm³/mol. The van der Waals surface area contributed by atoms with Crippen LogP contribution >= 0.6 is 0 Å². The van der Waals surface area contributed by atoms with Gasteiger partial charge >= 0.3 is 5.97 Å². The Labute approximate surface area is 147 Å². The first kappa shape index (κ1) is 17.1. The molecule has 0 aromatic heterocycles. The lowest BCUT2D eigenvalue weighted by Crippen LogP contribution is -2.04. The van der Waals surface area contributed by atoms with E-state index in [0.29, 0.717) is 6.61 Å². The molecule has 1 aliphatic carbocycles. The molecule has 1 aliphatic rings. The van der Waals surface area contributed by atoms with E-state index in [1.165, 1.54) is 24.0 Å². The molecule has 2 aromatic rings. The van der Waals surface area contributed by atoms with Gasteiger partial charge in [-0.3, -0.25) is 0 Å². The summed E-state index contributed by atoms with van der Waals surface area (Å²) in [4.78, 5) is 10.7. The molecule has 0 heterocycles. The molecule has 3 rings (SSSR count). The highest BCUT2D eigenvalue weighted by Crippen LogP contribution is 2.27. The van der Waals surface area contributed by atoms with E-state index in [0.717, 1.165) is 41.5 Å². The maximum Gasteiger partial charge on any atom is 0.328 e. The molecule has 1 N–H and O–H groups in total. The molecule has 0 amide bonds. The summed E-state index contributed by atoms with van der Waals surface area (Å²) in [7, 11) is 1.62. The zero-order valence-corrected chi connectivity index (χ0v) is 14.3. The molecule has 0 saturated heterocycles. The number of ether oxygens (including phenoxy) is 2. The van der Waals surface area contributed by atoms with E-state index in [2.05, 4.69) is 12.1 Å². The van der Waals surface area contributed by atoms with Crippen molar-refractivity contribution in [2.45, 2.75) is 32.3 Å². The molecular formula is C21H22O4. The zero-order valence-electron chi connectivity index (χ0n) is 14.3. The molecule has 0 atom stereocenters. The van der Waals surface area contributed by atoms with Crippen molar-refractivity contribution < 1.29 is 19.4 Å².